The number of hydrogen-bond acceptors (Lipinski definition) is 5. The van der Waals surface area contributed by atoms with Gasteiger partial charge in [-0.05, 0) is 30.3 Å². The molecule has 0 radical (unpaired) electrons. The zero-order valence-corrected chi connectivity index (χ0v) is 14.3. The van der Waals surface area contributed by atoms with Crippen molar-refractivity contribution in [3.05, 3.63) is 83.2 Å². The molecule has 3 aromatic heterocycles. The van der Waals surface area contributed by atoms with Crippen molar-refractivity contribution in [1.82, 2.24) is 19.9 Å². The smallest absolute Gasteiger partial charge is 0.261 e. The summed E-state index contributed by atoms with van der Waals surface area (Å²) in [6, 6.07) is 14.3. The molecule has 1 aromatic carbocycles. The highest BCUT2D eigenvalue weighted by Crippen LogP contribution is 2.21. The summed E-state index contributed by atoms with van der Waals surface area (Å²) in [7, 11) is 0. The van der Waals surface area contributed by atoms with E-state index in [0.29, 0.717) is 22.4 Å². The van der Waals surface area contributed by atoms with Crippen LogP contribution >= 0.6 is 0 Å². The number of rotatable bonds is 5. The van der Waals surface area contributed by atoms with Gasteiger partial charge in [0.15, 0.2) is 5.76 Å². The Kier molecular flexibility index (Phi) is 4.49. The maximum Gasteiger partial charge on any atom is 0.261 e. The monoisotopic (exact) mass is 360 g/mol. The van der Waals surface area contributed by atoms with Gasteiger partial charge >= 0.3 is 0 Å². The lowest BCUT2D eigenvalue weighted by atomic mass is 10.1. The van der Waals surface area contributed by atoms with Crippen LogP contribution in [-0.4, -0.2) is 20.4 Å². The van der Waals surface area contributed by atoms with Gasteiger partial charge in [-0.1, -0.05) is 18.2 Å². The number of para-hydroxylation sites is 1. The molecule has 0 aliphatic carbocycles. The first-order valence-electron chi connectivity index (χ1n) is 8.41. The zero-order chi connectivity index (χ0) is 18.6. The fraction of sp³-hybridized carbons (Fsp3) is 0.100. The number of nitrogens with zero attached hydrogens (tertiary/aromatic N) is 3. The normalized spacial score (nSPS) is 10.8. The molecule has 4 rings (SSSR count). The van der Waals surface area contributed by atoms with Crippen molar-refractivity contribution < 1.29 is 9.21 Å². The number of carbonyl (C=O) groups excluding carboxylic acids is 1. The van der Waals surface area contributed by atoms with Crippen molar-refractivity contribution in [2.45, 2.75) is 13.1 Å². The fourth-order valence-electron chi connectivity index (χ4n) is 2.84. The van der Waals surface area contributed by atoms with Crippen LogP contribution in [0.2, 0.25) is 0 Å². The molecule has 0 spiro atoms. The van der Waals surface area contributed by atoms with Crippen molar-refractivity contribution in [3.63, 3.8) is 0 Å². The van der Waals surface area contributed by atoms with Gasteiger partial charge in [-0.25, -0.2) is 4.98 Å². The van der Waals surface area contributed by atoms with Crippen LogP contribution in [0.5, 0.6) is 0 Å². The molecule has 0 aliphatic heterocycles. The minimum absolute atomic E-state index is 0.104. The molecule has 0 atom stereocenters. The van der Waals surface area contributed by atoms with Gasteiger partial charge in [0.05, 0.1) is 23.5 Å². The average molecular weight is 360 g/mol. The number of hydrogen-bond donors (Lipinski definition) is 1. The van der Waals surface area contributed by atoms with Crippen molar-refractivity contribution in [2.75, 3.05) is 0 Å². The third kappa shape index (κ3) is 3.48. The summed E-state index contributed by atoms with van der Waals surface area (Å²) in [5, 5.41) is 3.30. The Bertz CT molecular complexity index is 1150. The molecule has 3 heterocycles. The highest BCUT2D eigenvalue weighted by molar-refractivity contribution is 5.79. The minimum Gasteiger partial charge on any atom is -0.463 e. The lowest BCUT2D eigenvalue weighted by Gasteiger charge is -2.10. The molecule has 0 aliphatic rings. The van der Waals surface area contributed by atoms with E-state index >= 15 is 0 Å². The Labute approximate surface area is 154 Å². The number of furan rings is 1. The van der Waals surface area contributed by atoms with Gasteiger partial charge in [0.25, 0.3) is 5.56 Å². The highest BCUT2D eigenvalue weighted by Gasteiger charge is 2.11. The molecule has 7 nitrogen and oxygen atoms in total. The van der Waals surface area contributed by atoms with E-state index in [1.165, 1.54) is 10.9 Å². The quantitative estimate of drug-likeness (QED) is 0.590. The van der Waals surface area contributed by atoms with Crippen LogP contribution in [0, 0.1) is 0 Å². The molecule has 0 fully saturated rings. The fourth-order valence-corrected chi connectivity index (χ4v) is 2.84. The summed E-state index contributed by atoms with van der Waals surface area (Å²) in [6.45, 7) is 0.172. The molecular weight excluding hydrogens is 344 g/mol. The summed E-state index contributed by atoms with van der Waals surface area (Å²) in [5.74, 6) is 0.346. The van der Waals surface area contributed by atoms with Gasteiger partial charge in [-0.15, -0.1) is 0 Å². The average Bonchev–Trinajstić information content (AvgIpc) is 3.24. The summed E-state index contributed by atoms with van der Waals surface area (Å²) in [6.07, 6.45) is 4.64. The van der Waals surface area contributed by atoms with Gasteiger partial charge < -0.3 is 9.73 Å². The second-order valence-electron chi connectivity index (χ2n) is 5.96. The maximum atomic E-state index is 12.5. The number of aromatic nitrogens is 3. The SMILES string of the molecule is O=C(Cn1cnc2ccccc2c1=O)NCc1cccnc1-c1ccco1. The Morgan fingerprint density at radius 3 is 2.81 bits per heavy atom. The lowest BCUT2D eigenvalue weighted by molar-refractivity contribution is -0.121. The summed E-state index contributed by atoms with van der Waals surface area (Å²) >= 11 is 0. The molecule has 0 bridgehead atoms. The van der Waals surface area contributed by atoms with Crippen LogP contribution in [0.15, 0.2) is 76.5 Å². The van der Waals surface area contributed by atoms with Crippen molar-refractivity contribution >= 4 is 16.8 Å². The number of amides is 1. The molecule has 0 saturated carbocycles. The molecule has 1 N–H and O–H groups in total. The van der Waals surface area contributed by atoms with E-state index in [1.54, 1.807) is 42.8 Å². The van der Waals surface area contributed by atoms with Crippen molar-refractivity contribution in [3.8, 4) is 11.5 Å². The Hall–Kier alpha value is -3.74. The summed E-state index contributed by atoms with van der Waals surface area (Å²) in [4.78, 5) is 33.3. The Balaban J connectivity index is 1.49. The van der Waals surface area contributed by atoms with Crippen LogP contribution in [0.3, 0.4) is 0 Å². The highest BCUT2D eigenvalue weighted by atomic mass is 16.3. The van der Waals surface area contributed by atoms with E-state index in [4.69, 9.17) is 4.42 Å². The number of nitrogens with one attached hydrogen (secondary N) is 1. The van der Waals surface area contributed by atoms with E-state index in [-0.39, 0.29) is 24.6 Å². The lowest BCUT2D eigenvalue weighted by Crippen LogP contribution is -2.32. The van der Waals surface area contributed by atoms with Gasteiger partial charge in [0.2, 0.25) is 5.91 Å². The third-order valence-corrected chi connectivity index (χ3v) is 4.17. The zero-order valence-electron chi connectivity index (χ0n) is 14.3. The Morgan fingerprint density at radius 2 is 1.96 bits per heavy atom. The molecule has 0 unspecified atom stereocenters. The van der Waals surface area contributed by atoms with Gasteiger partial charge in [-0.3, -0.25) is 19.1 Å². The molecule has 1 amide bonds. The van der Waals surface area contributed by atoms with Gasteiger partial charge in [0.1, 0.15) is 12.2 Å². The largest absolute Gasteiger partial charge is 0.463 e. The number of carbonyl (C=O) groups is 1. The predicted molar refractivity (Wildman–Crippen MR) is 99.8 cm³/mol. The van der Waals surface area contributed by atoms with Gasteiger partial charge in [-0.2, -0.15) is 0 Å². The van der Waals surface area contributed by atoms with Crippen LogP contribution in [-0.2, 0) is 17.9 Å². The molecule has 4 aromatic rings. The minimum atomic E-state index is -0.288. The number of pyridine rings is 1. The van der Waals surface area contributed by atoms with Crippen LogP contribution in [0.1, 0.15) is 5.56 Å². The summed E-state index contributed by atoms with van der Waals surface area (Å²) < 4.78 is 6.69. The maximum absolute atomic E-state index is 12.5. The van der Waals surface area contributed by atoms with E-state index < -0.39 is 0 Å². The standard InChI is InChI=1S/C20H16N4O3/c25-18(12-24-13-23-16-7-2-1-6-15(16)20(24)26)22-11-14-5-3-9-21-19(14)17-8-4-10-27-17/h1-10,13H,11-12H2,(H,22,25). The first-order valence-corrected chi connectivity index (χ1v) is 8.41. The molecule has 27 heavy (non-hydrogen) atoms. The first-order chi connectivity index (χ1) is 13.2. The van der Waals surface area contributed by atoms with Crippen LogP contribution in [0.4, 0.5) is 0 Å². The van der Waals surface area contributed by atoms with E-state index in [1.807, 2.05) is 18.2 Å². The molecule has 7 heteroatoms. The number of benzene rings is 1. The number of fused-ring (bicyclic) bond motifs is 1. The first kappa shape index (κ1) is 16.7. The third-order valence-electron chi connectivity index (χ3n) is 4.17. The van der Waals surface area contributed by atoms with E-state index in [0.717, 1.165) is 5.56 Å². The summed E-state index contributed by atoms with van der Waals surface area (Å²) in [5.41, 5.74) is 1.86. The molecular formula is C20H16N4O3. The second kappa shape index (κ2) is 7.25. The predicted octanol–water partition coefficient (Wildman–Crippen LogP) is 2.37. The van der Waals surface area contributed by atoms with E-state index in [9.17, 15) is 9.59 Å². The molecule has 0 saturated heterocycles. The van der Waals surface area contributed by atoms with Gasteiger partial charge in [0, 0.05) is 18.3 Å². The van der Waals surface area contributed by atoms with Crippen molar-refractivity contribution in [2.24, 2.45) is 0 Å². The van der Waals surface area contributed by atoms with E-state index in [2.05, 4.69) is 15.3 Å². The van der Waals surface area contributed by atoms with Crippen LogP contribution in [0.25, 0.3) is 22.4 Å². The topological polar surface area (TPSA) is 90.0 Å². The second-order valence-corrected chi connectivity index (χ2v) is 5.96. The Morgan fingerprint density at radius 1 is 1.07 bits per heavy atom. The van der Waals surface area contributed by atoms with Crippen molar-refractivity contribution in [1.29, 1.82) is 0 Å². The van der Waals surface area contributed by atoms with Crippen LogP contribution < -0.4 is 10.9 Å². The molecule has 134 valence electrons.